The van der Waals surface area contributed by atoms with Crippen LogP contribution in [0.4, 0.5) is 0 Å². The Morgan fingerprint density at radius 1 is 1.41 bits per heavy atom. The van der Waals surface area contributed by atoms with Gasteiger partial charge in [-0.1, -0.05) is 13.8 Å². The third-order valence-corrected chi connectivity index (χ3v) is 3.24. The lowest BCUT2D eigenvalue weighted by atomic mass is 9.97. The lowest BCUT2D eigenvalue weighted by molar-refractivity contribution is 0.0671. The van der Waals surface area contributed by atoms with Gasteiger partial charge < -0.3 is 9.15 Å². The van der Waals surface area contributed by atoms with Gasteiger partial charge in [-0.05, 0) is 28.3 Å². The molecule has 96 valence electrons. The minimum atomic E-state index is -1.78. The molecule has 4 nitrogen and oxygen atoms in total. The zero-order valence-electron chi connectivity index (χ0n) is 10.2. The lowest BCUT2D eigenvalue weighted by Crippen LogP contribution is -2.23. The Morgan fingerprint density at radius 3 is 2.65 bits per heavy atom. The lowest BCUT2D eigenvalue weighted by Gasteiger charge is -2.19. The topological polar surface area (TPSA) is 48.7 Å². The smallest absolute Gasteiger partial charge is 0.445 e. The quantitative estimate of drug-likeness (QED) is 0.711. The molecule has 0 bridgehead atoms. The molecule has 0 saturated heterocycles. The zero-order valence-corrected chi connectivity index (χ0v) is 11.9. The SMILES string of the molecule is COCC(C)(C)CO[P+](=O)Cc1ccc(Cl)o1. The molecule has 1 heterocycles. The third kappa shape index (κ3) is 5.64. The minimum absolute atomic E-state index is 0.152. The minimum Gasteiger partial charge on any atom is -0.445 e. The molecule has 1 aromatic heterocycles. The molecule has 17 heavy (non-hydrogen) atoms. The van der Waals surface area contributed by atoms with Crippen LogP contribution in [0.1, 0.15) is 19.6 Å². The molecule has 0 spiro atoms. The molecular formula is C11H17ClO4P+. The van der Waals surface area contributed by atoms with Gasteiger partial charge in [0.1, 0.15) is 6.61 Å². The summed E-state index contributed by atoms with van der Waals surface area (Å²) in [6.07, 6.45) is 0.241. The molecule has 0 saturated carbocycles. The summed E-state index contributed by atoms with van der Waals surface area (Å²) in [6, 6.07) is 3.31. The van der Waals surface area contributed by atoms with Crippen molar-refractivity contribution in [1.29, 1.82) is 0 Å². The van der Waals surface area contributed by atoms with Crippen molar-refractivity contribution in [3.05, 3.63) is 23.1 Å². The van der Waals surface area contributed by atoms with Gasteiger partial charge in [-0.3, -0.25) is 0 Å². The van der Waals surface area contributed by atoms with E-state index in [4.69, 9.17) is 25.3 Å². The molecule has 1 unspecified atom stereocenters. The molecule has 1 atom stereocenters. The Labute approximate surface area is 107 Å². The third-order valence-electron chi connectivity index (χ3n) is 2.05. The van der Waals surface area contributed by atoms with Crippen molar-refractivity contribution in [3.63, 3.8) is 0 Å². The van der Waals surface area contributed by atoms with Crippen LogP contribution >= 0.6 is 19.6 Å². The highest BCUT2D eigenvalue weighted by Gasteiger charge is 2.27. The van der Waals surface area contributed by atoms with Crippen molar-refractivity contribution in [2.75, 3.05) is 20.3 Å². The van der Waals surface area contributed by atoms with Gasteiger partial charge in [-0.2, -0.15) is 0 Å². The van der Waals surface area contributed by atoms with Gasteiger partial charge in [0, 0.05) is 12.5 Å². The molecule has 0 fully saturated rings. The van der Waals surface area contributed by atoms with Gasteiger partial charge in [0.15, 0.2) is 11.0 Å². The zero-order chi connectivity index (χ0) is 12.9. The van der Waals surface area contributed by atoms with E-state index < -0.39 is 8.03 Å². The van der Waals surface area contributed by atoms with Gasteiger partial charge in [-0.25, -0.2) is 0 Å². The van der Waals surface area contributed by atoms with Crippen LogP contribution in [0.3, 0.4) is 0 Å². The highest BCUT2D eigenvalue weighted by molar-refractivity contribution is 7.38. The highest BCUT2D eigenvalue weighted by atomic mass is 35.5. The average molecular weight is 280 g/mol. The van der Waals surface area contributed by atoms with Crippen LogP contribution in [0.5, 0.6) is 0 Å². The Bertz CT molecular complexity index is 375. The maximum absolute atomic E-state index is 11.7. The molecule has 1 rings (SSSR count). The number of methoxy groups -OCH3 is 1. The van der Waals surface area contributed by atoms with E-state index in [1.165, 1.54) is 0 Å². The summed E-state index contributed by atoms with van der Waals surface area (Å²) in [5, 5.41) is 0.295. The Morgan fingerprint density at radius 2 is 2.12 bits per heavy atom. The summed E-state index contributed by atoms with van der Waals surface area (Å²) in [4.78, 5) is 0. The second kappa shape index (κ2) is 6.50. The average Bonchev–Trinajstić information content (AvgIpc) is 2.61. The fourth-order valence-electron chi connectivity index (χ4n) is 1.29. The molecule has 0 aliphatic carbocycles. The van der Waals surface area contributed by atoms with Crippen LogP contribution in [0.15, 0.2) is 16.5 Å². The van der Waals surface area contributed by atoms with Gasteiger partial charge in [-0.15, -0.1) is 4.52 Å². The molecular weight excluding hydrogens is 263 g/mol. The van der Waals surface area contributed by atoms with Crippen molar-refractivity contribution in [3.8, 4) is 0 Å². The van der Waals surface area contributed by atoms with Crippen molar-refractivity contribution in [2.24, 2.45) is 5.41 Å². The van der Waals surface area contributed by atoms with Crippen LogP contribution in [0.25, 0.3) is 0 Å². The number of ether oxygens (including phenoxy) is 1. The molecule has 0 radical (unpaired) electrons. The maximum atomic E-state index is 11.7. The highest BCUT2D eigenvalue weighted by Crippen LogP contribution is 2.32. The second-order valence-electron chi connectivity index (χ2n) is 4.57. The van der Waals surface area contributed by atoms with Gasteiger partial charge in [0.05, 0.1) is 6.61 Å². The fraction of sp³-hybridized carbons (Fsp3) is 0.636. The van der Waals surface area contributed by atoms with Gasteiger partial charge >= 0.3 is 8.03 Å². The Kier molecular flexibility index (Phi) is 5.60. The summed E-state index contributed by atoms with van der Waals surface area (Å²) in [7, 11) is -0.145. The number of rotatable bonds is 7. The summed E-state index contributed by atoms with van der Waals surface area (Å²) >= 11 is 5.62. The van der Waals surface area contributed by atoms with Crippen molar-refractivity contribution >= 4 is 19.6 Å². The molecule has 0 N–H and O–H groups in total. The van der Waals surface area contributed by atoms with Crippen molar-refractivity contribution in [2.45, 2.75) is 20.0 Å². The molecule has 6 heteroatoms. The summed E-state index contributed by atoms with van der Waals surface area (Å²) in [5.41, 5.74) is -0.152. The van der Waals surface area contributed by atoms with Crippen LogP contribution in [-0.2, 0) is 20.0 Å². The summed E-state index contributed by atoms with van der Waals surface area (Å²) in [6.45, 7) is 4.92. The van der Waals surface area contributed by atoms with E-state index in [2.05, 4.69) is 0 Å². The first-order chi connectivity index (χ1) is 7.93. The molecule has 0 aliphatic rings. The van der Waals surface area contributed by atoms with Gasteiger partial charge in [0.2, 0.25) is 6.16 Å². The van der Waals surface area contributed by atoms with Crippen LogP contribution in [-0.4, -0.2) is 20.3 Å². The Hall–Kier alpha value is -0.410. The van der Waals surface area contributed by atoms with E-state index in [9.17, 15) is 4.57 Å². The molecule has 1 aromatic rings. The van der Waals surface area contributed by atoms with Crippen LogP contribution < -0.4 is 0 Å². The van der Waals surface area contributed by atoms with E-state index in [0.29, 0.717) is 24.2 Å². The number of furan rings is 1. The van der Waals surface area contributed by atoms with Crippen LogP contribution in [0.2, 0.25) is 5.22 Å². The monoisotopic (exact) mass is 279 g/mol. The van der Waals surface area contributed by atoms with Crippen molar-refractivity contribution < 1.29 is 18.2 Å². The summed E-state index contributed by atoms with van der Waals surface area (Å²) < 4.78 is 27.1. The predicted molar refractivity (Wildman–Crippen MR) is 66.6 cm³/mol. The number of hydrogen-bond donors (Lipinski definition) is 0. The van der Waals surface area contributed by atoms with E-state index >= 15 is 0 Å². The first-order valence-electron chi connectivity index (χ1n) is 5.24. The maximum Gasteiger partial charge on any atom is 0.516 e. The van der Waals surface area contributed by atoms with Gasteiger partial charge in [0.25, 0.3) is 0 Å². The first kappa shape index (κ1) is 14.7. The van der Waals surface area contributed by atoms with E-state index in [-0.39, 0.29) is 11.6 Å². The van der Waals surface area contributed by atoms with Crippen LogP contribution in [0, 0.1) is 5.41 Å². The normalized spacial score (nSPS) is 12.8. The number of halogens is 1. The van der Waals surface area contributed by atoms with E-state index in [0.717, 1.165) is 0 Å². The predicted octanol–water partition coefficient (Wildman–Crippen LogP) is 3.86. The molecule has 0 aliphatic heterocycles. The molecule has 0 amide bonds. The first-order valence-corrected chi connectivity index (χ1v) is 6.98. The largest absolute Gasteiger partial charge is 0.516 e. The number of hydrogen-bond acceptors (Lipinski definition) is 4. The van der Waals surface area contributed by atoms with E-state index in [1.54, 1.807) is 19.2 Å². The van der Waals surface area contributed by atoms with Crippen molar-refractivity contribution in [1.82, 2.24) is 0 Å². The standard InChI is InChI=1S/C11H17ClO4P/c1-11(2,7-14-3)8-15-17(13)6-9-4-5-10(12)16-9/h4-5H,6-8H2,1-3H3/q+1. The molecule has 0 aromatic carbocycles. The summed E-state index contributed by atoms with van der Waals surface area (Å²) in [5.74, 6) is 0.570. The fourth-order valence-corrected chi connectivity index (χ4v) is 2.46. The Balaban J connectivity index is 2.35. The van der Waals surface area contributed by atoms with E-state index in [1.807, 2.05) is 13.8 Å². The second-order valence-corrected chi connectivity index (χ2v) is 6.18.